The summed E-state index contributed by atoms with van der Waals surface area (Å²) in [6, 6.07) is 4.85. The summed E-state index contributed by atoms with van der Waals surface area (Å²) >= 11 is 0. The van der Waals surface area contributed by atoms with Gasteiger partial charge in [0.25, 0.3) is 5.91 Å². The van der Waals surface area contributed by atoms with E-state index in [2.05, 4.69) is 15.4 Å². The van der Waals surface area contributed by atoms with Crippen LogP contribution in [-0.4, -0.2) is 50.1 Å². The number of benzene rings is 1. The first-order chi connectivity index (χ1) is 12.8. The zero-order valence-corrected chi connectivity index (χ0v) is 15.6. The number of carboxylic acid groups (broad SMARTS) is 1. The average molecular weight is 367 g/mol. The molecule has 0 bridgehead atoms. The first kappa shape index (κ1) is 18.4. The largest absolute Gasteiger partial charge is 0.478 e. The number of anilines is 2. The fourth-order valence-electron chi connectivity index (χ4n) is 2.83. The van der Waals surface area contributed by atoms with Gasteiger partial charge in [0.1, 0.15) is 11.8 Å². The van der Waals surface area contributed by atoms with Gasteiger partial charge in [-0.05, 0) is 44.0 Å². The van der Waals surface area contributed by atoms with E-state index in [0.717, 1.165) is 11.1 Å². The maximum Gasteiger partial charge on any atom is 0.335 e. The van der Waals surface area contributed by atoms with E-state index in [1.54, 1.807) is 40.9 Å². The van der Waals surface area contributed by atoms with Gasteiger partial charge in [0, 0.05) is 25.5 Å². The first-order valence-electron chi connectivity index (χ1n) is 8.52. The van der Waals surface area contributed by atoms with Gasteiger partial charge in [0.15, 0.2) is 5.82 Å². The molecule has 1 aromatic carbocycles. The summed E-state index contributed by atoms with van der Waals surface area (Å²) in [6.45, 7) is 6.24. The molecule has 3 aromatic rings. The summed E-state index contributed by atoms with van der Waals surface area (Å²) in [5.41, 5.74) is 3.68. The van der Waals surface area contributed by atoms with Crippen molar-refractivity contribution in [2.75, 3.05) is 18.9 Å². The van der Waals surface area contributed by atoms with Crippen molar-refractivity contribution in [1.29, 1.82) is 0 Å². The number of carboxylic acids is 1. The number of carbonyl (C=O) groups excluding carboxylic acids is 1. The Morgan fingerprint density at radius 2 is 2.04 bits per heavy atom. The Kier molecular flexibility index (Phi) is 4.81. The molecule has 0 aliphatic heterocycles. The predicted octanol–water partition coefficient (Wildman–Crippen LogP) is 2.88. The molecule has 0 saturated carbocycles. The van der Waals surface area contributed by atoms with Crippen molar-refractivity contribution >= 4 is 28.9 Å². The number of rotatable bonds is 5. The van der Waals surface area contributed by atoms with E-state index in [9.17, 15) is 14.7 Å². The first-order valence-corrected chi connectivity index (χ1v) is 8.52. The molecule has 8 nitrogen and oxygen atoms in total. The number of aryl methyl sites for hydroxylation is 2. The quantitative estimate of drug-likeness (QED) is 0.719. The molecule has 2 N–H and O–H groups in total. The zero-order chi connectivity index (χ0) is 19.7. The van der Waals surface area contributed by atoms with Crippen molar-refractivity contribution < 1.29 is 14.7 Å². The van der Waals surface area contributed by atoms with Gasteiger partial charge in [-0.3, -0.25) is 4.79 Å². The lowest BCUT2D eigenvalue weighted by Crippen LogP contribution is -2.26. The van der Waals surface area contributed by atoms with Crippen LogP contribution in [0.4, 0.5) is 11.5 Å². The van der Waals surface area contributed by atoms with Crippen LogP contribution in [0.3, 0.4) is 0 Å². The van der Waals surface area contributed by atoms with Gasteiger partial charge in [0.05, 0.1) is 11.1 Å². The summed E-state index contributed by atoms with van der Waals surface area (Å²) < 4.78 is 1.61. The van der Waals surface area contributed by atoms with E-state index in [1.165, 1.54) is 6.33 Å². The highest BCUT2D eigenvalue weighted by molar-refractivity contribution is 5.99. The number of aromatic nitrogens is 3. The molecular weight excluding hydrogens is 346 g/mol. The molecule has 2 heterocycles. The van der Waals surface area contributed by atoms with Gasteiger partial charge >= 0.3 is 5.97 Å². The smallest absolute Gasteiger partial charge is 0.335 e. The standard InChI is InChI=1S/C19H21N5O3/c1-5-23(4)18(25)14-9-24-16(12(14)3)17(20-10-21-24)22-15-8-13(19(26)27)7-6-11(15)2/h6-10H,5H2,1-4H3,(H,26,27)(H,20,21,22). The minimum absolute atomic E-state index is 0.0875. The third-order valence-electron chi connectivity index (χ3n) is 4.62. The Labute approximate surface area is 156 Å². The van der Waals surface area contributed by atoms with Crippen molar-refractivity contribution in [2.45, 2.75) is 20.8 Å². The Morgan fingerprint density at radius 1 is 1.30 bits per heavy atom. The Balaban J connectivity index is 2.09. The Bertz CT molecular complexity index is 1040. The highest BCUT2D eigenvalue weighted by Crippen LogP contribution is 2.27. The third-order valence-corrected chi connectivity index (χ3v) is 4.62. The zero-order valence-electron chi connectivity index (χ0n) is 15.6. The van der Waals surface area contributed by atoms with Crippen molar-refractivity contribution in [2.24, 2.45) is 0 Å². The molecule has 0 saturated heterocycles. The molecule has 0 spiro atoms. The van der Waals surface area contributed by atoms with Crippen LogP contribution < -0.4 is 5.32 Å². The van der Waals surface area contributed by atoms with E-state index in [1.807, 2.05) is 20.8 Å². The fourth-order valence-corrected chi connectivity index (χ4v) is 2.83. The second kappa shape index (κ2) is 7.06. The summed E-state index contributed by atoms with van der Waals surface area (Å²) in [7, 11) is 1.75. The molecule has 0 aliphatic rings. The predicted molar refractivity (Wildman–Crippen MR) is 102 cm³/mol. The molecular formula is C19H21N5O3. The van der Waals surface area contributed by atoms with E-state index >= 15 is 0 Å². The second-order valence-electron chi connectivity index (χ2n) is 6.35. The van der Waals surface area contributed by atoms with E-state index in [4.69, 9.17) is 0 Å². The fraction of sp³-hybridized carbons (Fsp3) is 0.263. The molecule has 2 aromatic heterocycles. The molecule has 0 aliphatic carbocycles. The van der Waals surface area contributed by atoms with Crippen molar-refractivity contribution in [3.8, 4) is 0 Å². The van der Waals surface area contributed by atoms with Gasteiger partial charge in [-0.2, -0.15) is 5.10 Å². The number of hydrogen-bond donors (Lipinski definition) is 2. The van der Waals surface area contributed by atoms with Crippen molar-refractivity contribution in [1.82, 2.24) is 19.5 Å². The second-order valence-corrected chi connectivity index (χ2v) is 6.35. The van der Waals surface area contributed by atoms with Crippen LogP contribution in [0, 0.1) is 13.8 Å². The van der Waals surface area contributed by atoms with E-state index in [-0.39, 0.29) is 11.5 Å². The summed E-state index contributed by atoms with van der Waals surface area (Å²) in [6.07, 6.45) is 3.08. The number of hydrogen-bond acceptors (Lipinski definition) is 5. The molecule has 27 heavy (non-hydrogen) atoms. The molecule has 140 valence electrons. The highest BCUT2D eigenvalue weighted by Gasteiger charge is 2.20. The normalized spacial score (nSPS) is 10.8. The van der Waals surface area contributed by atoms with E-state index in [0.29, 0.717) is 29.1 Å². The van der Waals surface area contributed by atoms with Crippen LogP contribution in [0.25, 0.3) is 5.52 Å². The lowest BCUT2D eigenvalue weighted by Gasteiger charge is -2.14. The molecule has 3 rings (SSSR count). The van der Waals surface area contributed by atoms with Crippen LogP contribution >= 0.6 is 0 Å². The van der Waals surface area contributed by atoms with Gasteiger partial charge in [0.2, 0.25) is 0 Å². The number of nitrogens with one attached hydrogen (secondary N) is 1. The van der Waals surface area contributed by atoms with Crippen LogP contribution in [0.5, 0.6) is 0 Å². The van der Waals surface area contributed by atoms with Crippen LogP contribution in [-0.2, 0) is 0 Å². The highest BCUT2D eigenvalue weighted by atomic mass is 16.4. The number of amides is 1. The monoisotopic (exact) mass is 367 g/mol. The molecule has 0 fully saturated rings. The van der Waals surface area contributed by atoms with Gasteiger partial charge in [-0.15, -0.1) is 0 Å². The summed E-state index contributed by atoms with van der Waals surface area (Å²) in [5.74, 6) is -0.581. The summed E-state index contributed by atoms with van der Waals surface area (Å²) in [5, 5.41) is 16.6. The Morgan fingerprint density at radius 3 is 2.70 bits per heavy atom. The van der Waals surface area contributed by atoms with Crippen LogP contribution in [0.2, 0.25) is 0 Å². The van der Waals surface area contributed by atoms with Crippen molar-refractivity contribution in [3.63, 3.8) is 0 Å². The van der Waals surface area contributed by atoms with Gasteiger partial charge in [-0.1, -0.05) is 6.07 Å². The van der Waals surface area contributed by atoms with Crippen LogP contribution in [0.15, 0.2) is 30.7 Å². The number of nitrogens with zero attached hydrogens (tertiary/aromatic N) is 4. The molecule has 1 amide bonds. The van der Waals surface area contributed by atoms with Gasteiger partial charge < -0.3 is 15.3 Å². The molecule has 0 unspecified atom stereocenters. The third kappa shape index (κ3) is 3.33. The maximum atomic E-state index is 12.6. The van der Waals surface area contributed by atoms with Crippen molar-refractivity contribution in [3.05, 3.63) is 53.0 Å². The minimum Gasteiger partial charge on any atom is -0.478 e. The number of aromatic carboxylic acids is 1. The molecule has 0 atom stereocenters. The lowest BCUT2D eigenvalue weighted by atomic mass is 10.1. The van der Waals surface area contributed by atoms with E-state index < -0.39 is 5.97 Å². The number of carbonyl (C=O) groups is 2. The average Bonchev–Trinajstić information content (AvgIpc) is 2.99. The SMILES string of the molecule is CCN(C)C(=O)c1cn2ncnc(Nc3cc(C(=O)O)ccc3C)c2c1C. The molecule has 8 heteroatoms. The Hall–Kier alpha value is -3.42. The van der Waals surface area contributed by atoms with Crippen LogP contribution in [0.1, 0.15) is 38.8 Å². The lowest BCUT2D eigenvalue weighted by molar-refractivity contribution is 0.0696. The minimum atomic E-state index is -1.000. The molecule has 0 radical (unpaired) electrons. The number of fused-ring (bicyclic) bond motifs is 1. The van der Waals surface area contributed by atoms with Gasteiger partial charge in [-0.25, -0.2) is 14.3 Å². The topological polar surface area (TPSA) is 99.8 Å². The summed E-state index contributed by atoms with van der Waals surface area (Å²) in [4.78, 5) is 29.8. The maximum absolute atomic E-state index is 12.6.